The predicted octanol–water partition coefficient (Wildman–Crippen LogP) is 3.77. The Labute approximate surface area is 226 Å². The van der Waals surface area contributed by atoms with Crippen molar-refractivity contribution in [1.29, 1.82) is 0 Å². The molecule has 10 heteroatoms. The summed E-state index contributed by atoms with van der Waals surface area (Å²) < 4.78 is 21.0. The molecule has 0 radical (unpaired) electrons. The number of aromatic nitrogens is 2. The van der Waals surface area contributed by atoms with Crippen molar-refractivity contribution in [1.82, 2.24) is 14.5 Å². The molecular weight excluding hydrogens is 501 g/mol. The Hall–Kier alpha value is -4.18. The number of piperazine rings is 1. The number of aromatic hydroxyl groups is 1. The van der Waals surface area contributed by atoms with Gasteiger partial charge in [-0.05, 0) is 32.0 Å². The van der Waals surface area contributed by atoms with Crippen LogP contribution >= 0.6 is 0 Å². The third-order valence-electron chi connectivity index (χ3n) is 7.30. The van der Waals surface area contributed by atoms with Gasteiger partial charge in [-0.2, -0.15) is 4.98 Å². The summed E-state index contributed by atoms with van der Waals surface area (Å²) in [7, 11) is 0. The van der Waals surface area contributed by atoms with Crippen LogP contribution in [0.25, 0.3) is 5.69 Å². The Balaban J connectivity index is 1.53. The second-order valence-electron chi connectivity index (χ2n) is 9.80. The van der Waals surface area contributed by atoms with Gasteiger partial charge in [0, 0.05) is 61.5 Å². The number of rotatable bonds is 6. The largest absolute Gasteiger partial charge is 0.508 e. The van der Waals surface area contributed by atoms with Gasteiger partial charge in [0.05, 0.1) is 17.9 Å². The SMILES string of the molecule is CCOC(=O)C1=C(C)Nc2c(c(N3CCN(Cc4ccccc4F)CC3)nc(=O)n2-c2cccc(O)c2)C1C. The lowest BCUT2D eigenvalue weighted by atomic mass is 9.88. The molecule has 0 bridgehead atoms. The number of ether oxygens (including phenoxy) is 1. The molecule has 2 aliphatic rings. The lowest BCUT2D eigenvalue weighted by Crippen LogP contribution is -2.47. The summed E-state index contributed by atoms with van der Waals surface area (Å²) in [6, 6.07) is 13.2. The highest BCUT2D eigenvalue weighted by atomic mass is 19.1. The Morgan fingerprint density at radius 1 is 1.15 bits per heavy atom. The Morgan fingerprint density at radius 2 is 1.90 bits per heavy atom. The summed E-state index contributed by atoms with van der Waals surface area (Å²) in [5.41, 5.74) is 2.37. The van der Waals surface area contributed by atoms with Crippen LogP contribution in [0.1, 0.15) is 37.8 Å². The number of fused-ring (bicyclic) bond motifs is 1. The van der Waals surface area contributed by atoms with Crippen LogP contribution in [0.4, 0.5) is 16.0 Å². The van der Waals surface area contributed by atoms with E-state index in [0.717, 1.165) is 0 Å². The molecule has 39 heavy (non-hydrogen) atoms. The number of hydrogen-bond acceptors (Lipinski definition) is 8. The van der Waals surface area contributed by atoms with Crippen LogP contribution in [0, 0.1) is 5.82 Å². The van der Waals surface area contributed by atoms with E-state index in [4.69, 9.17) is 4.74 Å². The maximum Gasteiger partial charge on any atom is 0.355 e. The van der Waals surface area contributed by atoms with E-state index < -0.39 is 17.6 Å². The molecule has 2 aromatic carbocycles. The average Bonchev–Trinajstić information content (AvgIpc) is 2.90. The van der Waals surface area contributed by atoms with Gasteiger partial charge in [0.2, 0.25) is 0 Å². The fourth-order valence-corrected chi connectivity index (χ4v) is 5.40. The number of phenolic OH excluding ortho intramolecular Hbond substituents is 1. The zero-order chi connectivity index (χ0) is 27.7. The van der Waals surface area contributed by atoms with Gasteiger partial charge < -0.3 is 20.1 Å². The van der Waals surface area contributed by atoms with E-state index in [9.17, 15) is 19.1 Å². The van der Waals surface area contributed by atoms with Crippen LogP contribution in [0.15, 0.2) is 64.6 Å². The molecule has 5 rings (SSSR count). The number of esters is 1. The molecule has 9 nitrogen and oxygen atoms in total. The lowest BCUT2D eigenvalue weighted by Gasteiger charge is -2.38. The third kappa shape index (κ3) is 5.12. The van der Waals surface area contributed by atoms with Crippen molar-refractivity contribution >= 4 is 17.6 Å². The molecule has 2 aliphatic heterocycles. The van der Waals surface area contributed by atoms with E-state index in [2.05, 4.69) is 15.2 Å². The fraction of sp³-hybridized carbons (Fsp3) is 0.345. The minimum absolute atomic E-state index is 0.0199. The van der Waals surface area contributed by atoms with Gasteiger partial charge >= 0.3 is 11.7 Å². The van der Waals surface area contributed by atoms with Gasteiger partial charge in [0.25, 0.3) is 0 Å². The van der Waals surface area contributed by atoms with Crippen molar-refractivity contribution in [3.8, 4) is 11.4 Å². The van der Waals surface area contributed by atoms with Gasteiger partial charge in [-0.1, -0.05) is 31.2 Å². The summed E-state index contributed by atoms with van der Waals surface area (Å²) in [6.45, 7) is 8.66. The van der Waals surface area contributed by atoms with E-state index in [0.29, 0.717) is 72.4 Å². The van der Waals surface area contributed by atoms with Gasteiger partial charge in [-0.15, -0.1) is 0 Å². The molecule has 3 heterocycles. The smallest absolute Gasteiger partial charge is 0.355 e. The van der Waals surface area contributed by atoms with Crippen LogP contribution < -0.4 is 15.9 Å². The quantitative estimate of drug-likeness (QED) is 0.462. The highest BCUT2D eigenvalue weighted by molar-refractivity contribution is 5.94. The van der Waals surface area contributed by atoms with Crippen molar-refractivity contribution in [3.63, 3.8) is 0 Å². The number of benzene rings is 2. The zero-order valence-electron chi connectivity index (χ0n) is 22.3. The molecule has 3 aromatic rings. The Bertz CT molecular complexity index is 1490. The first kappa shape index (κ1) is 26.4. The third-order valence-corrected chi connectivity index (χ3v) is 7.30. The van der Waals surface area contributed by atoms with Crippen molar-refractivity contribution in [2.24, 2.45) is 0 Å². The highest BCUT2D eigenvalue weighted by Gasteiger charge is 2.36. The summed E-state index contributed by atoms with van der Waals surface area (Å²) in [4.78, 5) is 35.2. The Morgan fingerprint density at radius 3 is 2.59 bits per heavy atom. The number of halogens is 1. The van der Waals surface area contributed by atoms with E-state index in [1.54, 1.807) is 38.1 Å². The van der Waals surface area contributed by atoms with Crippen molar-refractivity contribution in [2.75, 3.05) is 43.0 Å². The van der Waals surface area contributed by atoms with Gasteiger partial charge in [0.1, 0.15) is 23.2 Å². The van der Waals surface area contributed by atoms with Crippen LogP contribution in [-0.4, -0.2) is 58.3 Å². The molecular formula is C29H32FN5O4. The van der Waals surface area contributed by atoms with Crippen molar-refractivity contribution in [3.05, 3.63) is 87.2 Å². The summed E-state index contributed by atoms with van der Waals surface area (Å²) >= 11 is 0. The first-order valence-corrected chi connectivity index (χ1v) is 13.1. The molecule has 0 amide bonds. The number of anilines is 2. The summed E-state index contributed by atoms with van der Waals surface area (Å²) in [6.07, 6.45) is 0. The van der Waals surface area contributed by atoms with Gasteiger partial charge in [-0.25, -0.2) is 18.5 Å². The number of nitrogens with one attached hydrogen (secondary N) is 1. The molecule has 1 atom stereocenters. The topological polar surface area (TPSA) is 99.9 Å². The molecule has 2 N–H and O–H groups in total. The molecule has 0 spiro atoms. The van der Waals surface area contributed by atoms with E-state index in [1.165, 1.54) is 22.8 Å². The van der Waals surface area contributed by atoms with Crippen molar-refractivity contribution in [2.45, 2.75) is 33.2 Å². The Kier molecular flexibility index (Phi) is 7.38. The maximum atomic E-state index is 14.2. The van der Waals surface area contributed by atoms with Crippen LogP contribution in [0.5, 0.6) is 5.75 Å². The first-order valence-electron chi connectivity index (χ1n) is 13.1. The predicted molar refractivity (Wildman–Crippen MR) is 147 cm³/mol. The number of allylic oxidation sites excluding steroid dienone is 1. The zero-order valence-corrected chi connectivity index (χ0v) is 22.3. The second kappa shape index (κ2) is 10.9. The summed E-state index contributed by atoms with van der Waals surface area (Å²) in [5, 5.41) is 13.4. The minimum atomic E-state index is -0.504. The van der Waals surface area contributed by atoms with Crippen LogP contribution in [0.2, 0.25) is 0 Å². The average molecular weight is 534 g/mol. The normalized spacial score (nSPS) is 17.5. The summed E-state index contributed by atoms with van der Waals surface area (Å²) in [5.74, 6) is -0.0280. The number of carbonyl (C=O) groups excluding carboxylic acids is 1. The molecule has 1 saturated heterocycles. The van der Waals surface area contributed by atoms with E-state index in [-0.39, 0.29) is 18.2 Å². The molecule has 0 saturated carbocycles. The maximum absolute atomic E-state index is 14.2. The minimum Gasteiger partial charge on any atom is -0.508 e. The molecule has 1 fully saturated rings. The van der Waals surface area contributed by atoms with E-state index >= 15 is 0 Å². The number of hydrogen-bond donors (Lipinski definition) is 2. The fourth-order valence-electron chi connectivity index (χ4n) is 5.40. The standard InChI is InChI=1S/C29H32FN5O4/c1-4-39-28(37)24-18(2)25-26(34-14-12-33(13-15-34)17-20-8-5-6-11-23(20)30)32-29(38)35(27(25)31-19(24)3)21-9-7-10-22(36)16-21/h5-11,16,18,31,36H,4,12-15,17H2,1-3H3. The lowest BCUT2D eigenvalue weighted by molar-refractivity contribution is -0.138. The molecule has 204 valence electrons. The highest BCUT2D eigenvalue weighted by Crippen LogP contribution is 2.42. The monoisotopic (exact) mass is 533 g/mol. The molecule has 1 aromatic heterocycles. The van der Waals surface area contributed by atoms with Crippen LogP contribution in [0.3, 0.4) is 0 Å². The van der Waals surface area contributed by atoms with Crippen molar-refractivity contribution < 1.29 is 19.0 Å². The van der Waals surface area contributed by atoms with Crippen LogP contribution in [-0.2, 0) is 16.1 Å². The first-order chi connectivity index (χ1) is 18.8. The number of carbonyl (C=O) groups is 1. The van der Waals surface area contributed by atoms with E-state index in [1.807, 2.05) is 17.9 Å². The van der Waals surface area contributed by atoms with Gasteiger partial charge in [-0.3, -0.25) is 4.90 Å². The molecule has 1 unspecified atom stereocenters. The van der Waals surface area contributed by atoms with Gasteiger partial charge in [0.15, 0.2) is 0 Å². The second-order valence-corrected chi connectivity index (χ2v) is 9.80. The molecule has 0 aliphatic carbocycles. The number of phenols is 1. The number of nitrogens with zero attached hydrogens (tertiary/aromatic N) is 4.